The Labute approximate surface area is 194 Å². The van der Waals surface area contributed by atoms with Gasteiger partial charge in [0.2, 0.25) is 0 Å². The number of non-ortho nitro benzene ring substituents is 1. The van der Waals surface area contributed by atoms with Crippen LogP contribution in [0, 0.1) is 10.1 Å². The van der Waals surface area contributed by atoms with Crippen molar-refractivity contribution in [1.29, 1.82) is 0 Å². The number of nitro benzene ring substituents is 1. The van der Waals surface area contributed by atoms with E-state index in [2.05, 4.69) is 5.10 Å². The average molecular weight is 485 g/mol. The van der Waals surface area contributed by atoms with Gasteiger partial charge in [-0.1, -0.05) is 54.1 Å². The number of nitrogens with zero attached hydrogens (tertiary/aromatic N) is 3. The number of hydrogen-bond acceptors (Lipinski definition) is 6. The van der Waals surface area contributed by atoms with Gasteiger partial charge in [0.05, 0.1) is 22.1 Å². The van der Waals surface area contributed by atoms with Crippen LogP contribution in [0.15, 0.2) is 88.9 Å². The topological polar surface area (TPSA) is 122 Å². The van der Waals surface area contributed by atoms with Crippen LogP contribution in [0.1, 0.15) is 17.0 Å². The first-order valence-corrected chi connectivity index (χ1v) is 11.6. The van der Waals surface area contributed by atoms with Gasteiger partial charge in [0.25, 0.3) is 15.7 Å². The van der Waals surface area contributed by atoms with E-state index in [9.17, 15) is 23.3 Å². The fourth-order valence-corrected chi connectivity index (χ4v) is 4.50. The maximum atomic E-state index is 12.8. The van der Waals surface area contributed by atoms with Gasteiger partial charge >= 0.3 is 6.03 Å². The van der Waals surface area contributed by atoms with Gasteiger partial charge in [-0.2, -0.15) is 5.10 Å². The zero-order valence-electron chi connectivity index (χ0n) is 17.0. The summed E-state index contributed by atoms with van der Waals surface area (Å²) in [5.74, 6) is -0.278. The van der Waals surface area contributed by atoms with Crippen molar-refractivity contribution in [3.63, 3.8) is 0 Å². The first-order chi connectivity index (χ1) is 15.7. The van der Waals surface area contributed by atoms with Crippen LogP contribution < -0.4 is 4.72 Å². The zero-order valence-corrected chi connectivity index (χ0v) is 18.5. The summed E-state index contributed by atoms with van der Waals surface area (Å²) < 4.78 is 27.2. The van der Waals surface area contributed by atoms with Crippen LogP contribution in [-0.4, -0.2) is 36.6 Å². The zero-order chi connectivity index (χ0) is 23.6. The van der Waals surface area contributed by atoms with Crippen LogP contribution >= 0.6 is 11.6 Å². The highest BCUT2D eigenvalue weighted by molar-refractivity contribution is 7.90. The van der Waals surface area contributed by atoms with Gasteiger partial charge in [0.15, 0.2) is 0 Å². The van der Waals surface area contributed by atoms with Crippen molar-refractivity contribution in [3.8, 4) is 0 Å². The first-order valence-electron chi connectivity index (χ1n) is 9.73. The molecule has 1 N–H and O–H groups in total. The smallest absolute Gasteiger partial charge is 0.258 e. The number of urea groups is 1. The lowest BCUT2D eigenvalue weighted by Crippen LogP contribution is -2.39. The van der Waals surface area contributed by atoms with E-state index < -0.39 is 21.0 Å². The molecular weight excluding hydrogens is 468 g/mol. The highest BCUT2D eigenvalue weighted by Gasteiger charge is 2.34. The normalized spacial score (nSPS) is 15.7. The summed E-state index contributed by atoms with van der Waals surface area (Å²) in [6, 6.07) is 19.7. The van der Waals surface area contributed by atoms with E-state index in [1.807, 2.05) is 35.1 Å². The molecule has 0 spiro atoms. The summed E-state index contributed by atoms with van der Waals surface area (Å²) in [4.78, 5) is 22.7. The molecule has 4 rings (SSSR count). The van der Waals surface area contributed by atoms with Gasteiger partial charge in [0, 0.05) is 23.1 Å². The van der Waals surface area contributed by atoms with E-state index in [0.717, 1.165) is 40.4 Å². The van der Waals surface area contributed by atoms with Gasteiger partial charge in [-0.15, -0.1) is 0 Å². The second-order valence-electron chi connectivity index (χ2n) is 7.20. The van der Waals surface area contributed by atoms with E-state index >= 15 is 0 Å². The van der Waals surface area contributed by atoms with Crippen LogP contribution in [-0.2, 0) is 10.0 Å². The quantitative estimate of drug-likeness (QED) is 0.430. The van der Waals surface area contributed by atoms with Gasteiger partial charge in [-0.25, -0.2) is 22.9 Å². The Morgan fingerprint density at radius 2 is 1.67 bits per heavy atom. The van der Waals surface area contributed by atoms with Gasteiger partial charge in [-0.05, 0) is 35.4 Å². The fourth-order valence-electron chi connectivity index (χ4n) is 3.43. The highest BCUT2D eigenvalue weighted by atomic mass is 35.5. The molecule has 3 aromatic rings. The SMILES string of the molecule is O=C(NS(=O)(=O)c1ccc([N+](=O)[O-])cc1)N1CC(c2ccccc2)C(c2ccc(Cl)cc2)=N1. The fraction of sp³-hybridized carbons (Fsp3) is 0.0909. The predicted octanol–water partition coefficient (Wildman–Crippen LogP) is 4.15. The largest absolute Gasteiger partial charge is 0.351 e. The average Bonchev–Trinajstić information content (AvgIpc) is 3.26. The Balaban J connectivity index is 1.60. The number of sulfonamides is 1. The molecule has 9 nitrogen and oxygen atoms in total. The Hall–Kier alpha value is -3.76. The summed E-state index contributed by atoms with van der Waals surface area (Å²) >= 11 is 5.99. The van der Waals surface area contributed by atoms with Crippen molar-refractivity contribution in [2.75, 3.05) is 6.54 Å². The molecule has 0 aliphatic carbocycles. The lowest BCUT2D eigenvalue weighted by molar-refractivity contribution is -0.384. The van der Waals surface area contributed by atoms with E-state index in [1.54, 1.807) is 24.3 Å². The van der Waals surface area contributed by atoms with Crippen LogP contribution in [0.4, 0.5) is 10.5 Å². The molecule has 0 saturated carbocycles. The van der Waals surface area contributed by atoms with Crippen molar-refractivity contribution >= 4 is 39.1 Å². The number of carbonyl (C=O) groups excluding carboxylic acids is 1. The van der Waals surface area contributed by atoms with Crippen molar-refractivity contribution in [3.05, 3.63) is 105 Å². The Kier molecular flexibility index (Phi) is 6.12. The minimum Gasteiger partial charge on any atom is -0.258 e. The molecule has 0 bridgehead atoms. The number of nitrogens with one attached hydrogen (secondary N) is 1. The van der Waals surface area contributed by atoms with E-state index in [4.69, 9.17) is 11.6 Å². The molecule has 33 heavy (non-hydrogen) atoms. The minimum absolute atomic E-state index is 0.129. The summed E-state index contributed by atoms with van der Waals surface area (Å²) in [7, 11) is -4.26. The van der Waals surface area contributed by atoms with Crippen molar-refractivity contribution in [2.24, 2.45) is 5.10 Å². The first kappa shape index (κ1) is 22.4. The number of hydrogen-bond donors (Lipinski definition) is 1. The molecule has 11 heteroatoms. The molecule has 168 valence electrons. The van der Waals surface area contributed by atoms with Crippen molar-refractivity contribution < 1.29 is 18.1 Å². The van der Waals surface area contributed by atoms with Gasteiger partial charge in [0.1, 0.15) is 0 Å². The minimum atomic E-state index is -4.26. The highest BCUT2D eigenvalue weighted by Crippen LogP contribution is 2.29. The van der Waals surface area contributed by atoms with E-state index in [-0.39, 0.29) is 23.0 Å². The molecule has 2 amide bonds. The van der Waals surface area contributed by atoms with Crippen LogP contribution in [0.3, 0.4) is 0 Å². The molecule has 1 atom stereocenters. The monoisotopic (exact) mass is 484 g/mol. The molecule has 1 aliphatic rings. The number of benzene rings is 3. The van der Waals surface area contributed by atoms with E-state index in [1.165, 1.54) is 0 Å². The van der Waals surface area contributed by atoms with Crippen molar-refractivity contribution in [2.45, 2.75) is 10.8 Å². The van der Waals surface area contributed by atoms with Crippen LogP contribution in [0.25, 0.3) is 0 Å². The van der Waals surface area contributed by atoms with Crippen LogP contribution in [0.2, 0.25) is 5.02 Å². The second-order valence-corrected chi connectivity index (χ2v) is 9.32. The summed E-state index contributed by atoms with van der Waals surface area (Å²) in [6.45, 7) is 0.129. The van der Waals surface area contributed by atoms with Gasteiger partial charge in [-0.3, -0.25) is 10.1 Å². The lowest BCUT2D eigenvalue weighted by Gasteiger charge is -2.16. The molecule has 1 heterocycles. The Morgan fingerprint density at radius 3 is 2.27 bits per heavy atom. The second kappa shape index (κ2) is 9.00. The number of rotatable bonds is 5. The summed E-state index contributed by atoms with van der Waals surface area (Å²) in [5.41, 5.74) is 2.00. The van der Waals surface area contributed by atoms with Gasteiger partial charge < -0.3 is 0 Å². The molecule has 1 aliphatic heterocycles. The molecular formula is C22H17ClN4O5S. The van der Waals surface area contributed by atoms with Crippen molar-refractivity contribution in [1.82, 2.24) is 9.73 Å². The third-order valence-corrected chi connectivity index (χ3v) is 6.66. The number of halogens is 1. The Bertz CT molecular complexity index is 1330. The maximum Gasteiger partial charge on any atom is 0.351 e. The molecule has 3 aromatic carbocycles. The summed E-state index contributed by atoms with van der Waals surface area (Å²) in [6.07, 6.45) is 0. The summed E-state index contributed by atoms with van der Waals surface area (Å²) in [5, 5.41) is 16.8. The molecule has 0 saturated heterocycles. The number of hydrazone groups is 1. The number of amides is 2. The van der Waals surface area contributed by atoms with Crippen LogP contribution in [0.5, 0.6) is 0 Å². The molecule has 1 unspecified atom stereocenters. The van der Waals surface area contributed by atoms with E-state index in [0.29, 0.717) is 10.7 Å². The standard InChI is InChI=1S/C22H17ClN4O5S/c23-17-8-6-16(7-9-17)21-20(15-4-2-1-3-5-15)14-26(24-21)22(28)25-33(31,32)19-12-10-18(11-13-19)27(29)30/h1-13,20H,14H2,(H,25,28). The molecule has 0 fully saturated rings. The number of nitro groups is 1. The predicted molar refractivity (Wildman–Crippen MR) is 123 cm³/mol. The molecule has 0 aromatic heterocycles. The lowest BCUT2D eigenvalue weighted by atomic mass is 9.91. The molecule has 0 radical (unpaired) electrons. The Morgan fingerprint density at radius 1 is 1.03 bits per heavy atom. The third kappa shape index (κ3) is 4.86. The maximum absolute atomic E-state index is 12.8. The number of carbonyl (C=O) groups is 1. The third-order valence-electron chi connectivity index (χ3n) is 5.07.